The van der Waals surface area contributed by atoms with E-state index in [1.807, 2.05) is 11.8 Å². The smallest absolute Gasteiger partial charge is 0.220 e. The maximum atomic E-state index is 11.7. The second kappa shape index (κ2) is 8.80. The highest BCUT2D eigenvalue weighted by atomic mass is 32.2. The SMILES string of the molecule is CCNC(=NCCSc1ccc(C)cc1)N1CCCC2(CNC(=O)C2)C1. The van der Waals surface area contributed by atoms with Crippen molar-refractivity contribution in [2.45, 2.75) is 38.0 Å². The van der Waals surface area contributed by atoms with Gasteiger partial charge in [0.25, 0.3) is 0 Å². The molecule has 0 aromatic heterocycles. The Kier molecular flexibility index (Phi) is 6.46. The fraction of sp³-hybridized carbons (Fsp3) is 0.600. The first-order valence-electron chi connectivity index (χ1n) is 9.60. The van der Waals surface area contributed by atoms with Gasteiger partial charge in [-0.25, -0.2) is 0 Å². The topological polar surface area (TPSA) is 56.7 Å². The van der Waals surface area contributed by atoms with Crippen LogP contribution in [0.4, 0.5) is 0 Å². The van der Waals surface area contributed by atoms with Gasteiger partial charge in [-0.15, -0.1) is 11.8 Å². The number of nitrogens with zero attached hydrogens (tertiary/aromatic N) is 2. The van der Waals surface area contributed by atoms with Gasteiger partial charge in [0, 0.05) is 48.7 Å². The second-order valence-electron chi connectivity index (χ2n) is 7.38. The van der Waals surface area contributed by atoms with Crippen LogP contribution in [0, 0.1) is 12.3 Å². The van der Waals surface area contributed by atoms with Crippen molar-refractivity contribution in [2.24, 2.45) is 10.4 Å². The summed E-state index contributed by atoms with van der Waals surface area (Å²) in [4.78, 5) is 20.2. The maximum Gasteiger partial charge on any atom is 0.220 e. The van der Waals surface area contributed by atoms with E-state index in [9.17, 15) is 4.79 Å². The number of carbonyl (C=O) groups is 1. The van der Waals surface area contributed by atoms with E-state index >= 15 is 0 Å². The summed E-state index contributed by atoms with van der Waals surface area (Å²) in [6.45, 7) is 8.63. The lowest BCUT2D eigenvalue weighted by molar-refractivity contribution is -0.119. The molecule has 2 N–H and O–H groups in total. The molecule has 2 saturated heterocycles. The zero-order valence-electron chi connectivity index (χ0n) is 15.9. The van der Waals surface area contributed by atoms with Crippen LogP contribution in [0.5, 0.6) is 0 Å². The number of benzene rings is 1. The Labute approximate surface area is 161 Å². The first-order chi connectivity index (χ1) is 12.6. The van der Waals surface area contributed by atoms with Gasteiger partial charge in [0.15, 0.2) is 5.96 Å². The van der Waals surface area contributed by atoms with Gasteiger partial charge in [-0.3, -0.25) is 9.79 Å². The molecule has 1 unspecified atom stereocenters. The molecule has 1 amide bonds. The quantitative estimate of drug-likeness (QED) is 0.360. The molecular formula is C20H30N4OS. The van der Waals surface area contributed by atoms with E-state index < -0.39 is 0 Å². The van der Waals surface area contributed by atoms with Crippen LogP contribution in [0.15, 0.2) is 34.2 Å². The molecular weight excluding hydrogens is 344 g/mol. The minimum Gasteiger partial charge on any atom is -0.357 e. The predicted octanol–water partition coefficient (Wildman–Crippen LogP) is 2.65. The van der Waals surface area contributed by atoms with Crippen molar-refractivity contribution in [1.82, 2.24) is 15.5 Å². The summed E-state index contributed by atoms with van der Waals surface area (Å²) in [5.41, 5.74) is 1.39. The molecule has 26 heavy (non-hydrogen) atoms. The molecule has 142 valence electrons. The van der Waals surface area contributed by atoms with Gasteiger partial charge in [0.05, 0.1) is 6.54 Å². The van der Waals surface area contributed by atoms with Gasteiger partial charge >= 0.3 is 0 Å². The number of aryl methyl sites for hydroxylation is 1. The second-order valence-corrected chi connectivity index (χ2v) is 8.54. The summed E-state index contributed by atoms with van der Waals surface area (Å²) in [6, 6.07) is 8.65. The van der Waals surface area contributed by atoms with Crippen LogP contribution >= 0.6 is 11.8 Å². The number of thioether (sulfide) groups is 1. The first-order valence-corrected chi connectivity index (χ1v) is 10.6. The lowest BCUT2D eigenvalue weighted by Crippen LogP contribution is -2.51. The summed E-state index contributed by atoms with van der Waals surface area (Å²) < 4.78 is 0. The lowest BCUT2D eigenvalue weighted by Gasteiger charge is -2.40. The Balaban J connectivity index is 1.56. The number of carbonyl (C=O) groups excluding carboxylic acids is 1. The van der Waals surface area contributed by atoms with E-state index in [-0.39, 0.29) is 11.3 Å². The third-order valence-corrected chi connectivity index (χ3v) is 6.13. The van der Waals surface area contributed by atoms with E-state index in [1.165, 1.54) is 10.5 Å². The largest absolute Gasteiger partial charge is 0.357 e. The van der Waals surface area contributed by atoms with Gasteiger partial charge in [0.2, 0.25) is 5.91 Å². The van der Waals surface area contributed by atoms with Gasteiger partial charge in [-0.1, -0.05) is 17.7 Å². The molecule has 5 nitrogen and oxygen atoms in total. The molecule has 0 radical (unpaired) electrons. The van der Waals surface area contributed by atoms with Gasteiger partial charge in [-0.05, 0) is 38.8 Å². The van der Waals surface area contributed by atoms with E-state index in [0.717, 1.165) is 57.3 Å². The molecule has 0 saturated carbocycles. The maximum absolute atomic E-state index is 11.7. The Morgan fingerprint density at radius 1 is 1.38 bits per heavy atom. The van der Waals surface area contributed by atoms with Crippen LogP contribution in [0.1, 0.15) is 31.7 Å². The predicted molar refractivity (Wildman–Crippen MR) is 109 cm³/mol. The molecule has 6 heteroatoms. The molecule has 1 aromatic rings. The van der Waals surface area contributed by atoms with Crippen molar-refractivity contribution >= 4 is 23.6 Å². The van der Waals surface area contributed by atoms with Crippen LogP contribution < -0.4 is 10.6 Å². The molecule has 1 spiro atoms. The molecule has 2 aliphatic heterocycles. The molecule has 1 aromatic carbocycles. The number of amides is 1. The van der Waals surface area contributed by atoms with Crippen molar-refractivity contribution < 1.29 is 4.79 Å². The number of likely N-dealkylation sites (tertiary alicyclic amines) is 1. The Hall–Kier alpha value is -1.69. The fourth-order valence-corrected chi connectivity index (χ4v) is 4.55. The Morgan fingerprint density at radius 3 is 2.88 bits per heavy atom. The summed E-state index contributed by atoms with van der Waals surface area (Å²) in [6.07, 6.45) is 2.91. The number of hydrogen-bond acceptors (Lipinski definition) is 3. The molecule has 2 aliphatic rings. The van der Waals surface area contributed by atoms with Gasteiger partial charge in [-0.2, -0.15) is 0 Å². The molecule has 0 aliphatic carbocycles. The summed E-state index contributed by atoms with van der Waals surface area (Å²) >= 11 is 1.85. The van der Waals surface area contributed by atoms with Gasteiger partial charge in [0.1, 0.15) is 0 Å². The number of piperidine rings is 1. The fourth-order valence-electron chi connectivity index (χ4n) is 3.80. The lowest BCUT2D eigenvalue weighted by atomic mass is 9.79. The monoisotopic (exact) mass is 374 g/mol. The molecule has 0 bridgehead atoms. The van der Waals surface area contributed by atoms with Crippen molar-refractivity contribution in [3.8, 4) is 0 Å². The van der Waals surface area contributed by atoms with Crippen LogP contribution in [0.25, 0.3) is 0 Å². The number of guanidine groups is 1. The average Bonchev–Trinajstić information content (AvgIpc) is 2.99. The molecule has 2 heterocycles. The minimum atomic E-state index is 0.0994. The molecule has 3 rings (SSSR count). The van der Waals surface area contributed by atoms with Crippen LogP contribution in [0.3, 0.4) is 0 Å². The van der Waals surface area contributed by atoms with Crippen molar-refractivity contribution in [3.05, 3.63) is 29.8 Å². The highest BCUT2D eigenvalue weighted by molar-refractivity contribution is 7.99. The van der Waals surface area contributed by atoms with Crippen LogP contribution in [-0.4, -0.2) is 55.2 Å². The highest BCUT2D eigenvalue weighted by Crippen LogP contribution is 2.36. The third kappa shape index (κ3) is 4.93. The number of aliphatic imine (C=N–C) groups is 1. The summed E-state index contributed by atoms with van der Waals surface area (Å²) in [5.74, 6) is 2.16. The van der Waals surface area contributed by atoms with E-state index in [4.69, 9.17) is 4.99 Å². The van der Waals surface area contributed by atoms with Crippen LogP contribution in [0.2, 0.25) is 0 Å². The first kappa shape index (κ1) is 19.1. The zero-order chi connectivity index (χ0) is 18.4. The van der Waals surface area contributed by atoms with E-state index in [1.54, 1.807) is 0 Å². The average molecular weight is 375 g/mol. The molecule has 1 atom stereocenters. The summed E-state index contributed by atoms with van der Waals surface area (Å²) in [7, 11) is 0. The standard InChI is InChI=1S/C20H30N4OS/c1-3-21-19(22-10-12-26-17-7-5-16(2)6-8-17)24-11-4-9-20(15-24)13-18(25)23-14-20/h5-8H,3-4,9-15H2,1-2H3,(H,21,22)(H,23,25). The minimum absolute atomic E-state index is 0.0994. The zero-order valence-corrected chi connectivity index (χ0v) is 16.7. The number of rotatable bonds is 5. The Morgan fingerprint density at radius 2 is 2.19 bits per heavy atom. The molecule has 2 fully saturated rings. The third-order valence-electron chi connectivity index (χ3n) is 5.13. The van der Waals surface area contributed by atoms with Gasteiger partial charge < -0.3 is 15.5 Å². The number of nitrogens with one attached hydrogen (secondary N) is 2. The highest BCUT2D eigenvalue weighted by Gasteiger charge is 2.42. The van der Waals surface area contributed by atoms with Crippen molar-refractivity contribution in [3.63, 3.8) is 0 Å². The van der Waals surface area contributed by atoms with Crippen LogP contribution in [-0.2, 0) is 4.79 Å². The Bertz CT molecular complexity index is 646. The van der Waals surface area contributed by atoms with E-state index in [0.29, 0.717) is 6.42 Å². The normalized spacial score (nSPS) is 23.4. The summed E-state index contributed by atoms with van der Waals surface area (Å²) in [5, 5.41) is 6.45. The van der Waals surface area contributed by atoms with Crippen molar-refractivity contribution in [2.75, 3.05) is 38.5 Å². The number of hydrogen-bond donors (Lipinski definition) is 2. The van der Waals surface area contributed by atoms with E-state index in [2.05, 4.69) is 53.6 Å². The van der Waals surface area contributed by atoms with Crippen molar-refractivity contribution in [1.29, 1.82) is 0 Å².